The molecule has 2 rings (SSSR count). The van der Waals surface area contributed by atoms with Gasteiger partial charge >= 0.3 is 0 Å². The molecule has 0 aliphatic rings. The van der Waals surface area contributed by atoms with Gasteiger partial charge in [0.2, 0.25) is 0 Å². The molecule has 0 fully saturated rings. The predicted octanol–water partition coefficient (Wildman–Crippen LogP) is 1.99. The van der Waals surface area contributed by atoms with E-state index >= 15 is 0 Å². The molecule has 2 heterocycles. The van der Waals surface area contributed by atoms with Gasteiger partial charge in [0.05, 0.1) is 0 Å². The molecule has 0 aliphatic heterocycles. The van der Waals surface area contributed by atoms with Crippen molar-refractivity contribution in [3.05, 3.63) is 23.0 Å². The third-order valence-corrected chi connectivity index (χ3v) is 3.73. The van der Waals surface area contributed by atoms with Crippen molar-refractivity contribution in [2.24, 2.45) is 5.84 Å². The SMILES string of the molecule is Cc1csc(Sc2cc(NN)nc(C)n2)n1. The number of hydrazine groups is 1. The van der Waals surface area contributed by atoms with Crippen LogP contribution < -0.4 is 11.3 Å². The van der Waals surface area contributed by atoms with Gasteiger partial charge in [0, 0.05) is 17.1 Å². The van der Waals surface area contributed by atoms with Gasteiger partial charge < -0.3 is 5.43 Å². The van der Waals surface area contributed by atoms with Crippen molar-refractivity contribution in [1.29, 1.82) is 0 Å². The molecule has 0 aromatic carbocycles. The third kappa shape index (κ3) is 2.69. The van der Waals surface area contributed by atoms with E-state index in [2.05, 4.69) is 20.4 Å². The fourth-order valence-electron chi connectivity index (χ4n) is 1.14. The van der Waals surface area contributed by atoms with Crippen molar-refractivity contribution in [3.8, 4) is 0 Å². The van der Waals surface area contributed by atoms with Crippen molar-refractivity contribution in [3.63, 3.8) is 0 Å². The molecule has 0 atom stereocenters. The van der Waals surface area contributed by atoms with Crippen LogP contribution in [0, 0.1) is 13.8 Å². The van der Waals surface area contributed by atoms with Crippen LogP contribution in [0.15, 0.2) is 20.8 Å². The van der Waals surface area contributed by atoms with Gasteiger partial charge in [0.1, 0.15) is 16.7 Å². The smallest absolute Gasteiger partial charge is 0.156 e. The molecule has 7 heteroatoms. The van der Waals surface area contributed by atoms with Gasteiger partial charge in [-0.2, -0.15) is 0 Å². The van der Waals surface area contributed by atoms with Gasteiger partial charge in [0.25, 0.3) is 0 Å². The van der Waals surface area contributed by atoms with Crippen LogP contribution in [0.2, 0.25) is 0 Å². The first kappa shape index (κ1) is 11.3. The number of aryl methyl sites for hydroxylation is 2. The number of aromatic nitrogens is 3. The maximum atomic E-state index is 5.32. The Morgan fingerprint density at radius 1 is 1.31 bits per heavy atom. The monoisotopic (exact) mass is 253 g/mol. The molecule has 2 aromatic heterocycles. The molecule has 0 spiro atoms. The maximum absolute atomic E-state index is 5.32. The summed E-state index contributed by atoms with van der Waals surface area (Å²) in [6.45, 7) is 3.80. The number of nitrogens with zero attached hydrogens (tertiary/aromatic N) is 3. The number of nitrogens with one attached hydrogen (secondary N) is 1. The summed E-state index contributed by atoms with van der Waals surface area (Å²) in [6.07, 6.45) is 0. The van der Waals surface area contributed by atoms with E-state index in [9.17, 15) is 0 Å². The van der Waals surface area contributed by atoms with E-state index in [-0.39, 0.29) is 0 Å². The Morgan fingerprint density at radius 2 is 2.12 bits per heavy atom. The number of nitrogen functional groups attached to an aromatic ring is 1. The zero-order valence-electron chi connectivity index (χ0n) is 8.89. The molecule has 84 valence electrons. The minimum atomic E-state index is 0.614. The van der Waals surface area contributed by atoms with Crippen LogP contribution in [0.1, 0.15) is 11.5 Å². The summed E-state index contributed by atoms with van der Waals surface area (Å²) in [5.41, 5.74) is 3.54. The number of nitrogens with two attached hydrogens (primary N) is 1. The first-order valence-electron chi connectivity index (χ1n) is 4.59. The highest BCUT2D eigenvalue weighted by atomic mass is 32.2. The summed E-state index contributed by atoms with van der Waals surface area (Å²) in [5.74, 6) is 6.62. The second-order valence-corrected chi connectivity index (χ2v) is 5.27. The van der Waals surface area contributed by atoms with Crippen LogP contribution in [0.5, 0.6) is 0 Å². The molecule has 0 saturated carbocycles. The van der Waals surface area contributed by atoms with E-state index in [4.69, 9.17) is 5.84 Å². The van der Waals surface area contributed by atoms with Crippen molar-refractivity contribution < 1.29 is 0 Å². The first-order chi connectivity index (χ1) is 7.67. The fraction of sp³-hybridized carbons (Fsp3) is 0.222. The lowest BCUT2D eigenvalue weighted by molar-refractivity contribution is 0.962. The molecule has 0 unspecified atom stereocenters. The summed E-state index contributed by atoms with van der Waals surface area (Å²) in [6, 6.07) is 1.80. The molecule has 0 radical (unpaired) electrons. The summed E-state index contributed by atoms with van der Waals surface area (Å²) in [4.78, 5) is 12.8. The van der Waals surface area contributed by atoms with Crippen molar-refractivity contribution >= 4 is 28.9 Å². The van der Waals surface area contributed by atoms with E-state index in [1.807, 2.05) is 19.2 Å². The van der Waals surface area contributed by atoms with Crippen LogP contribution in [0.3, 0.4) is 0 Å². The highest BCUT2D eigenvalue weighted by Crippen LogP contribution is 2.29. The molecule has 16 heavy (non-hydrogen) atoms. The van der Waals surface area contributed by atoms with Gasteiger partial charge in [0.15, 0.2) is 4.34 Å². The number of thiazole rings is 1. The number of rotatable bonds is 3. The largest absolute Gasteiger partial charge is 0.308 e. The molecule has 3 N–H and O–H groups in total. The van der Waals surface area contributed by atoms with Gasteiger partial charge in [-0.3, -0.25) is 0 Å². The van der Waals surface area contributed by atoms with E-state index in [1.165, 1.54) is 11.8 Å². The predicted molar refractivity (Wildman–Crippen MR) is 65.6 cm³/mol. The zero-order chi connectivity index (χ0) is 11.5. The average molecular weight is 253 g/mol. The highest BCUT2D eigenvalue weighted by molar-refractivity contribution is 8.01. The van der Waals surface area contributed by atoms with E-state index in [0.717, 1.165) is 15.1 Å². The van der Waals surface area contributed by atoms with Gasteiger partial charge in [-0.15, -0.1) is 11.3 Å². The molecule has 0 amide bonds. The minimum Gasteiger partial charge on any atom is -0.308 e. The number of hydrogen-bond acceptors (Lipinski definition) is 7. The Balaban J connectivity index is 2.24. The average Bonchev–Trinajstić information content (AvgIpc) is 2.63. The summed E-state index contributed by atoms with van der Waals surface area (Å²) in [5, 5.41) is 2.85. The van der Waals surface area contributed by atoms with Crippen molar-refractivity contribution in [2.45, 2.75) is 23.2 Å². The summed E-state index contributed by atoms with van der Waals surface area (Å²) in [7, 11) is 0. The summed E-state index contributed by atoms with van der Waals surface area (Å²) < 4.78 is 0.971. The lowest BCUT2D eigenvalue weighted by atomic mass is 10.5. The Morgan fingerprint density at radius 3 is 2.75 bits per heavy atom. The van der Waals surface area contributed by atoms with Crippen LogP contribution >= 0.6 is 23.1 Å². The van der Waals surface area contributed by atoms with Crippen molar-refractivity contribution in [1.82, 2.24) is 15.0 Å². The molecule has 0 bridgehead atoms. The lowest BCUT2D eigenvalue weighted by Crippen LogP contribution is -2.09. The molecular weight excluding hydrogens is 242 g/mol. The van der Waals surface area contributed by atoms with Gasteiger partial charge in [-0.05, 0) is 25.6 Å². The Labute approximate surface area is 102 Å². The van der Waals surface area contributed by atoms with Crippen LogP contribution in [-0.4, -0.2) is 15.0 Å². The maximum Gasteiger partial charge on any atom is 0.156 e. The van der Waals surface area contributed by atoms with Crippen molar-refractivity contribution in [2.75, 3.05) is 5.43 Å². The second-order valence-electron chi connectivity index (χ2n) is 3.14. The highest BCUT2D eigenvalue weighted by Gasteiger charge is 2.05. The number of anilines is 1. The number of hydrogen-bond donors (Lipinski definition) is 2. The quantitative estimate of drug-likeness (QED) is 0.495. The summed E-state index contributed by atoms with van der Waals surface area (Å²) >= 11 is 3.12. The minimum absolute atomic E-state index is 0.614. The Hall–Kier alpha value is -1.18. The van der Waals surface area contributed by atoms with E-state index in [1.54, 1.807) is 17.4 Å². The standard InChI is InChI=1S/C9H11N5S2/c1-5-4-15-9(11-5)16-8-3-7(14-10)12-6(2)13-8/h3-4H,10H2,1-2H3,(H,12,13,14). The van der Waals surface area contributed by atoms with Crippen LogP contribution in [0.4, 0.5) is 5.82 Å². The fourth-order valence-corrected chi connectivity index (χ4v) is 2.97. The third-order valence-electron chi connectivity index (χ3n) is 1.75. The molecular formula is C9H11N5S2. The van der Waals surface area contributed by atoms with E-state index < -0.39 is 0 Å². The molecule has 2 aromatic rings. The van der Waals surface area contributed by atoms with E-state index in [0.29, 0.717) is 11.6 Å². The van der Waals surface area contributed by atoms with Crippen LogP contribution in [0.25, 0.3) is 0 Å². The molecule has 5 nitrogen and oxygen atoms in total. The second kappa shape index (κ2) is 4.77. The Bertz CT molecular complexity index is 496. The first-order valence-corrected chi connectivity index (χ1v) is 6.29. The van der Waals surface area contributed by atoms with Crippen LogP contribution in [-0.2, 0) is 0 Å². The lowest BCUT2D eigenvalue weighted by Gasteiger charge is -2.03. The topological polar surface area (TPSA) is 76.7 Å². The zero-order valence-corrected chi connectivity index (χ0v) is 10.5. The Kier molecular flexibility index (Phi) is 3.37. The normalized spacial score (nSPS) is 10.4. The van der Waals surface area contributed by atoms with Gasteiger partial charge in [-0.25, -0.2) is 20.8 Å². The van der Waals surface area contributed by atoms with Gasteiger partial charge in [-0.1, -0.05) is 0 Å². The molecule has 0 aliphatic carbocycles. The molecule has 0 saturated heterocycles.